The van der Waals surface area contributed by atoms with Crippen LogP contribution >= 0.6 is 15.9 Å². The van der Waals surface area contributed by atoms with E-state index in [-0.39, 0.29) is 16.9 Å². The standard InChI is InChI=1S/C25H20BrF3N2O2S/c1-24(2)13-19-11-17(16-3-7-20(8-4-16)25(27,28)29)6-10-23(19)31(15-24)34(32,33)21-9-5-18(14-30)22(26)12-21/h3-12H,13,15H2,1-2H3. The van der Waals surface area contributed by atoms with E-state index >= 15 is 0 Å². The molecule has 9 heteroatoms. The van der Waals surface area contributed by atoms with Crippen molar-refractivity contribution in [2.24, 2.45) is 5.41 Å². The summed E-state index contributed by atoms with van der Waals surface area (Å²) < 4.78 is 67.7. The molecule has 176 valence electrons. The van der Waals surface area contributed by atoms with Gasteiger partial charge >= 0.3 is 6.18 Å². The minimum Gasteiger partial charge on any atom is -0.266 e. The monoisotopic (exact) mass is 548 g/mol. The quantitative estimate of drug-likeness (QED) is 0.362. The molecule has 1 aliphatic heterocycles. The Kier molecular flexibility index (Phi) is 6.03. The van der Waals surface area contributed by atoms with Gasteiger partial charge in [0, 0.05) is 11.0 Å². The zero-order valence-electron chi connectivity index (χ0n) is 18.3. The molecule has 0 radical (unpaired) electrons. The maximum Gasteiger partial charge on any atom is 0.416 e. The smallest absolute Gasteiger partial charge is 0.266 e. The molecular formula is C25H20BrF3N2O2S. The average Bonchev–Trinajstić information content (AvgIpc) is 2.77. The Labute approximate surface area is 204 Å². The van der Waals surface area contributed by atoms with Crippen molar-refractivity contribution in [3.63, 3.8) is 0 Å². The van der Waals surface area contributed by atoms with Crippen LogP contribution in [0.4, 0.5) is 18.9 Å². The zero-order valence-corrected chi connectivity index (χ0v) is 20.7. The SMILES string of the molecule is CC1(C)Cc2cc(-c3ccc(C(F)(F)F)cc3)ccc2N(S(=O)(=O)c2ccc(C#N)c(Br)c2)C1. The third-order valence-electron chi connectivity index (χ3n) is 5.78. The highest BCUT2D eigenvalue weighted by atomic mass is 79.9. The summed E-state index contributed by atoms with van der Waals surface area (Å²) in [5.41, 5.74) is 1.90. The Bertz CT molecular complexity index is 1410. The second-order valence-electron chi connectivity index (χ2n) is 9.02. The van der Waals surface area contributed by atoms with E-state index < -0.39 is 21.8 Å². The summed E-state index contributed by atoms with van der Waals surface area (Å²) in [5, 5.41) is 9.14. The first-order valence-electron chi connectivity index (χ1n) is 10.3. The van der Waals surface area contributed by atoms with E-state index in [2.05, 4.69) is 15.9 Å². The van der Waals surface area contributed by atoms with Crippen LogP contribution < -0.4 is 4.31 Å². The molecule has 0 saturated carbocycles. The van der Waals surface area contributed by atoms with Crippen molar-refractivity contribution in [3.05, 3.63) is 81.8 Å². The summed E-state index contributed by atoms with van der Waals surface area (Å²) in [6.45, 7) is 4.20. The number of sulfonamides is 1. The summed E-state index contributed by atoms with van der Waals surface area (Å²) in [6.07, 6.45) is -3.80. The van der Waals surface area contributed by atoms with Crippen LogP contribution in [-0.4, -0.2) is 15.0 Å². The first-order chi connectivity index (χ1) is 15.8. The molecule has 0 bridgehead atoms. The van der Waals surface area contributed by atoms with Gasteiger partial charge in [0.15, 0.2) is 0 Å². The number of nitriles is 1. The van der Waals surface area contributed by atoms with Crippen LogP contribution in [0, 0.1) is 16.7 Å². The highest BCUT2D eigenvalue weighted by Gasteiger charge is 2.37. The van der Waals surface area contributed by atoms with Crippen molar-refractivity contribution in [2.75, 3.05) is 10.8 Å². The number of alkyl halides is 3. The zero-order chi connectivity index (χ0) is 24.9. The fraction of sp³-hybridized carbons (Fsp3) is 0.240. The van der Waals surface area contributed by atoms with Crippen molar-refractivity contribution < 1.29 is 21.6 Å². The lowest BCUT2D eigenvalue weighted by atomic mass is 9.81. The van der Waals surface area contributed by atoms with Gasteiger partial charge in [0.05, 0.1) is 21.7 Å². The molecule has 3 aromatic rings. The predicted molar refractivity (Wildman–Crippen MR) is 128 cm³/mol. The number of rotatable bonds is 3. The molecule has 0 amide bonds. The number of halogens is 4. The topological polar surface area (TPSA) is 61.2 Å². The molecule has 4 rings (SSSR count). The Morgan fingerprint density at radius 1 is 1.00 bits per heavy atom. The van der Waals surface area contributed by atoms with E-state index in [4.69, 9.17) is 5.26 Å². The first kappa shape index (κ1) is 24.3. The van der Waals surface area contributed by atoms with Crippen LogP contribution in [0.15, 0.2) is 70.0 Å². The van der Waals surface area contributed by atoms with Gasteiger partial charge in [0.2, 0.25) is 0 Å². The van der Waals surface area contributed by atoms with Crippen molar-refractivity contribution in [1.82, 2.24) is 0 Å². The van der Waals surface area contributed by atoms with Crippen LogP contribution in [0.5, 0.6) is 0 Å². The molecule has 0 aromatic heterocycles. The number of benzene rings is 3. The van der Waals surface area contributed by atoms with E-state index in [1.165, 1.54) is 34.6 Å². The van der Waals surface area contributed by atoms with E-state index in [0.29, 0.717) is 33.3 Å². The fourth-order valence-electron chi connectivity index (χ4n) is 4.14. The first-order valence-corrected chi connectivity index (χ1v) is 12.6. The van der Waals surface area contributed by atoms with Gasteiger partial charge < -0.3 is 0 Å². The maximum atomic E-state index is 13.6. The number of anilines is 1. The van der Waals surface area contributed by atoms with Crippen LogP contribution in [0.1, 0.15) is 30.5 Å². The Morgan fingerprint density at radius 2 is 1.65 bits per heavy atom. The van der Waals surface area contributed by atoms with E-state index in [9.17, 15) is 21.6 Å². The summed E-state index contributed by atoms with van der Waals surface area (Å²) in [5.74, 6) is 0. The number of nitrogens with zero attached hydrogens (tertiary/aromatic N) is 2. The molecule has 0 N–H and O–H groups in total. The molecule has 1 heterocycles. The average molecular weight is 549 g/mol. The van der Waals surface area contributed by atoms with E-state index in [0.717, 1.165) is 17.7 Å². The second-order valence-corrected chi connectivity index (χ2v) is 11.7. The molecule has 4 nitrogen and oxygen atoms in total. The lowest BCUT2D eigenvalue weighted by molar-refractivity contribution is -0.137. The van der Waals surface area contributed by atoms with Crippen molar-refractivity contribution >= 4 is 31.6 Å². The van der Waals surface area contributed by atoms with Gasteiger partial charge in [-0.25, -0.2) is 8.42 Å². The fourth-order valence-corrected chi connectivity index (χ4v) is 6.47. The van der Waals surface area contributed by atoms with Crippen LogP contribution in [0.2, 0.25) is 0 Å². The molecular weight excluding hydrogens is 529 g/mol. The van der Waals surface area contributed by atoms with Crippen molar-refractivity contribution in [1.29, 1.82) is 5.26 Å². The summed E-state index contributed by atoms with van der Waals surface area (Å²) in [7, 11) is -3.92. The van der Waals surface area contributed by atoms with Gasteiger partial charge in [-0.1, -0.05) is 32.0 Å². The maximum absolute atomic E-state index is 13.6. The normalized spacial score (nSPS) is 15.5. The van der Waals surface area contributed by atoms with Crippen LogP contribution in [-0.2, 0) is 22.6 Å². The molecule has 0 fully saturated rings. The van der Waals surface area contributed by atoms with E-state index in [1.807, 2.05) is 26.0 Å². The van der Waals surface area contributed by atoms with Crippen LogP contribution in [0.3, 0.4) is 0 Å². The molecule has 0 spiro atoms. The highest BCUT2D eigenvalue weighted by Crippen LogP contribution is 2.41. The molecule has 1 aliphatic rings. The van der Waals surface area contributed by atoms with Crippen molar-refractivity contribution in [2.45, 2.75) is 31.3 Å². The third-order valence-corrected chi connectivity index (χ3v) is 8.20. The van der Waals surface area contributed by atoms with Gasteiger partial charge in [0.25, 0.3) is 10.0 Å². The largest absolute Gasteiger partial charge is 0.416 e. The minimum atomic E-state index is -4.41. The molecule has 34 heavy (non-hydrogen) atoms. The predicted octanol–water partition coefficient (Wildman–Crippen LogP) is 6.78. The van der Waals surface area contributed by atoms with Gasteiger partial charge in [0.1, 0.15) is 6.07 Å². The van der Waals surface area contributed by atoms with Gasteiger partial charge in [-0.05, 0) is 86.9 Å². The summed E-state index contributed by atoms with van der Waals surface area (Å²) in [4.78, 5) is 0.0637. The Balaban J connectivity index is 1.76. The molecule has 0 atom stereocenters. The lowest BCUT2D eigenvalue weighted by Crippen LogP contribution is -2.43. The molecule has 0 aliphatic carbocycles. The number of hydrogen-bond acceptors (Lipinski definition) is 3. The summed E-state index contributed by atoms with van der Waals surface area (Å²) in [6, 6.07) is 16.5. The molecule has 0 unspecified atom stereocenters. The Morgan fingerprint density at radius 3 is 2.24 bits per heavy atom. The minimum absolute atomic E-state index is 0.0637. The summed E-state index contributed by atoms with van der Waals surface area (Å²) >= 11 is 3.25. The van der Waals surface area contributed by atoms with Gasteiger partial charge in [-0.3, -0.25) is 4.31 Å². The number of fused-ring (bicyclic) bond motifs is 1. The highest BCUT2D eigenvalue weighted by molar-refractivity contribution is 9.10. The molecule has 0 saturated heterocycles. The van der Waals surface area contributed by atoms with Gasteiger partial charge in [-0.15, -0.1) is 0 Å². The van der Waals surface area contributed by atoms with Gasteiger partial charge in [-0.2, -0.15) is 18.4 Å². The van der Waals surface area contributed by atoms with Crippen molar-refractivity contribution in [3.8, 4) is 17.2 Å². The Hall–Kier alpha value is -2.83. The van der Waals surface area contributed by atoms with E-state index in [1.54, 1.807) is 12.1 Å². The third kappa shape index (κ3) is 4.57. The van der Waals surface area contributed by atoms with Crippen LogP contribution in [0.25, 0.3) is 11.1 Å². The number of hydrogen-bond donors (Lipinski definition) is 0. The second kappa shape index (κ2) is 8.43. The lowest BCUT2D eigenvalue weighted by Gasteiger charge is -2.40. The molecule has 3 aromatic carbocycles.